The third-order valence-electron chi connectivity index (χ3n) is 3.16. The van der Waals surface area contributed by atoms with Gasteiger partial charge in [0.2, 0.25) is 0 Å². The molecule has 2 heteroatoms. The van der Waals surface area contributed by atoms with Crippen molar-refractivity contribution in [2.75, 3.05) is 13.2 Å². The minimum absolute atomic E-state index is 0.517. The SMILES string of the molecule is CCCCCC/C=C/CCCCCCOCCC#N. The van der Waals surface area contributed by atoms with E-state index in [2.05, 4.69) is 25.1 Å². The number of hydrogen-bond acceptors (Lipinski definition) is 2. The first-order valence-corrected chi connectivity index (χ1v) is 8.01. The second-order valence-electron chi connectivity index (χ2n) is 5.04. The van der Waals surface area contributed by atoms with Crippen LogP contribution < -0.4 is 0 Å². The lowest BCUT2D eigenvalue weighted by Crippen LogP contribution is -1.95. The summed E-state index contributed by atoms with van der Waals surface area (Å²) in [5, 5.41) is 8.33. The number of unbranched alkanes of at least 4 members (excludes halogenated alkanes) is 8. The van der Waals surface area contributed by atoms with E-state index in [1.54, 1.807) is 0 Å². The van der Waals surface area contributed by atoms with Gasteiger partial charge in [0, 0.05) is 6.61 Å². The maximum absolute atomic E-state index is 8.33. The van der Waals surface area contributed by atoms with Crippen LogP contribution in [-0.4, -0.2) is 13.2 Å². The van der Waals surface area contributed by atoms with Gasteiger partial charge in [0.1, 0.15) is 0 Å². The molecule has 0 saturated carbocycles. The molecule has 2 nitrogen and oxygen atoms in total. The van der Waals surface area contributed by atoms with Crippen LogP contribution >= 0.6 is 0 Å². The fraction of sp³-hybridized carbons (Fsp3) is 0.824. The van der Waals surface area contributed by atoms with Gasteiger partial charge in [-0.05, 0) is 32.1 Å². The molecule has 0 bridgehead atoms. The number of rotatable bonds is 14. The zero-order valence-electron chi connectivity index (χ0n) is 12.7. The molecule has 0 rings (SSSR count). The molecule has 0 aromatic heterocycles. The lowest BCUT2D eigenvalue weighted by Gasteiger charge is -2.01. The van der Waals surface area contributed by atoms with Crippen LogP contribution in [0.1, 0.15) is 77.6 Å². The van der Waals surface area contributed by atoms with E-state index in [0.717, 1.165) is 13.0 Å². The zero-order chi connectivity index (χ0) is 14.0. The summed E-state index contributed by atoms with van der Waals surface area (Å²) in [6.07, 6.45) is 18.1. The maximum atomic E-state index is 8.33. The molecule has 0 fully saturated rings. The van der Waals surface area contributed by atoms with Crippen LogP contribution in [0.25, 0.3) is 0 Å². The van der Waals surface area contributed by atoms with E-state index in [9.17, 15) is 0 Å². The second kappa shape index (κ2) is 17.2. The first-order valence-electron chi connectivity index (χ1n) is 8.01. The van der Waals surface area contributed by atoms with Crippen LogP contribution in [0.15, 0.2) is 12.2 Å². The molecule has 0 atom stereocenters. The molecule has 0 radical (unpaired) electrons. The van der Waals surface area contributed by atoms with Crippen molar-refractivity contribution in [1.82, 2.24) is 0 Å². The van der Waals surface area contributed by atoms with Gasteiger partial charge in [0.15, 0.2) is 0 Å². The molecular weight excluding hydrogens is 234 g/mol. The highest BCUT2D eigenvalue weighted by molar-refractivity contribution is 4.81. The van der Waals surface area contributed by atoms with E-state index < -0.39 is 0 Å². The fourth-order valence-electron chi connectivity index (χ4n) is 1.96. The Morgan fingerprint density at radius 3 is 2.11 bits per heavy atom. The van der Waals surface area contributed by atoms with Crippen LogP contribution in [-0.2, 0) is 4.74 Å². The molecule has 0 saturated heterocycles. The molecule has 0 N–H and O–H groups in total. The van der Waals surface area contributed by atoms with Crippen molar-refractivity contribution in [3.63, 3.8) is 0 Å². The van der Waals surface area contributed by atoms with Gasteiger partial charge in [-0.25, -0.2) is 0 Å². The summed E-state index contributed by atoms with van der Waals surface area (Å²) in [4.78, 5) is 0. The molecule has 19 heavy (non-hydrogen) atoms. The van der Waals surface area contributed by atoms with E-state index in [1.165, 1.54) is 57.8 Å². The summed E-state index contributed by atoms with van der Waals surface area (Å²) in [6.45, 7) is 3.66. The van der Waals surface area contributed by atoms with Crippen LogP contribution in [0.2, 0.25) is 0 Å². The van der Waals surface area contributed by atoms with Gasteiger partial charge >= 0.3 is 0 Å². The number of nitriles is 1. The molecule has 0 aliphatic heterocycles. The van der Waals surface area contributed by atoms with E-state index in [0.29, 0.717) is 13.0 Å². The Kier molecular flexibility index (Phi) is 16.5. The third-order valence-corrected chi connectivity index (χ3v) is 3.16. The van der Waals surface area contributed by atoms with E-state index in [4.69, 9.17) is 10.00 Å². The minimum atomic E-state index is 0.517. The van der Waals surface area contributed by atoms with Gasteiger partial charge in [-0.2, -0.15) is 5.26 Å². The van der Waals surface area contributed by atoms with Crippen molar-refractivity contribution >= 4 is 0 Å². The third kappa shape index (κ3) is 17.2. The maximum Gasteiger partial charge on any atom is 0.0645 e. The number of ether oxygens (including phenoxy) is 1. The molecule has 0 spiro atoms. The normalized spacial score (nSPS) is 10.9. The smallest absolute Gasteiger partial charge is 0.0645 e. The average Bonchev–Trinajstić information content (AvgIpc) is 2.43. The minimum Gasteiger partial charge on any atom is -0.380 e. The van der Waals surface area contributed by atoms with Crippen LogP contribution in [0.5, 0.6) is 0 Å². The Bertz CT molecular complexity index is 230. The highest BCUT2D eigenvalue weighted by Gasteiger charge is 1.90. The van der Waals surface area contributed by atoms with Crippen molar-refractivity contribution in [3.8, 4) is 6.07 Å². The van der Waals surface area contributed by atoms with E-state index in [1.807, 2.05) is 0 Å². The van der Waals surface area contributed by atoms with E-state index in [-0.39, 0.29) is 0 Å². The zero-order valence-corrected chi connectivity index (χ0v) is 12.7. The van der Waals surface area contributed by atoms with Gasteiger partial charge in [0.25, 0.3) is 0 Å². The quantitative estimate of drug-likeness (QED) is 0.311. The molecule has 0 heterocycles. The Balaban J connectivity index is 3.02. The van der Waals surface area contributed by atoms with Crippen molar-refractivity contribution in [2.45, 2.75) is 77.6 Å². The fourth-order valence-corrected chi connectivity index (χ4v) is 1.96. The molecule has 0 unspecified atom stereocenters. The lowest BCUT2D eigenvalue weighted by atomic mass is 10.1. The summed E-state index contributed by atoms with van der Waals surface area (Å²) in [6, 6.07) is 2.08. The second-order valence-corrected chi connectivity index (χ2v) is 5.04. The average molecular weight is 265 g/mol. The van der Waals surface area contributed by atoms with Crippen molar-refractivity contribution in [2.24, 2.45) is 0 Å². The van der Waals surface area contributed by atoms with Gasteiger partial charge in [-0.3, -0.25) is 0 Å². The Hall–Kier alpha value is -0.810. The summed E-state index contributed by atoms with van der Waals surface area (Å²) in [5.41, 5.74) is 0. The summed E-state index contributed by atoms with van der Waals surface area (Å²) in [5.74, 6) is 0. The first kappa shape index (κ1) is 18.2. The molecule has 0 aliphatic rings. The van der Waals surface area contributed by atoms with Crippen molar-refractivity contribution in [1.29, 1.82) is 5.26 Å². The van der Waals surface area contributed by atoms with Gasteiger partial charge in [0.05, 0.1) is 19.1 Å². The van der Waals surface area contributed by atoms with Gasteiger partial charge in [-0.1, -0.05) is 51.2 Å². The van der Waals surface area contributed by atoms with Gasteiger partial charge < -0.3 is 4.74 Å². The Labute approximate surface area is 119 Å². The van der Waals surface area contributed by atoms with Crippen LogP contribution in [0, 0.1) is 11.3 Å². The standard InChI is InChI=1S/C17H31NO/c1-2-3-4-5-6-7-8-9-10-11-12-13-16-19-17-14-15-18/h7-8H,2-6,9-14,16-17H2,1H3/b8-7+. The van der Waals surface area contributed by atoms with Crippen LogP contribution in [0.3, 0.4) is 0 Å². The molecule has 0 aromatic carbocycles. The molecule has 0 aromatic rings. The number of hydrogen-bond donors (Lipinski definition) is 0. The largest absolute Gasteiger partial charge is 0.380 e. The molecule has 0 amide bonds. The summed E-state index contributed by atoms with van der Waals surface area (Å²) < 4.78 is 5.33. The predicted molar refractivity (Wildman–Crippen MR) is 82.0 cm³/mol. The Morgan fingerprint density at radius 1 is 0.842 bits per heavy atom. The first-order chi connectivity index (χ1) is 9.41. The molecule has 110 valence electrons. The van der Waals surface area contributed by atoms with E-state index >= 15 is 0 Å². The molecule has 0 aliphatic carbocycles. The topological polar surface area (TPSA) is 33.0 Å². The number of allylic oxidation sites excluding steroid dienone is 2. The number of nitrogens with zero attached hydrogens (tertiary/aromatic N) is 1. The molecular formula is C17H31NO. The predicted octanol–water partition coefficient (Wildman–Crippen LogP) is 5.39. The highest BCUT2D eigenvalue weighted by Crippen LogP contribution is 2.06. The highest BCUT2D eigenvalue weighted by atomic mass is 16.5. The van der Waals surface area contributed by atoms with Crippen molar-refractivity contribution < 1.29 is 4.74 Å². The van der Waals surface area contributed by atoms with Crippen LogP contribution in [0.4, 0.5) is 0 Å². The summed E-state index contributed by atoms with van der Waals surface area (Å²) in [7, 11) is 0. The van der Waals surface area contributed by atoms with Gasteiger partial charge in [-0.15, -0.1) is 0 Å². The summed E-state index contributed by atoms with van der Waals surface area (Å²) >= 11 is 0. The van der Waals surface area contributed by atoms with Crippen molar-refractivity contribution in [3.05, 3.63) is 12.2 Å². The Morgan fingerprint density at radius 2 is 1.47 bits per heavy atom. The lowest BCUT2D eigenvalue weighted by molar-refractivity contribution is 0.135. The monoisotopic (exact) mass is 265 g/mol.